The molecule has 2 unspecified atom stereocenters. The number of hydrogen-bond acceptors (Lipinski definition) is 0. The molecule has 0 aliphatic heterocycles. The molecule has 0 aromatic rings. The van der Waals surface area contributed by atoms with Crippen LogP contribution >= 0.6 is 0 Å². The van der Waals surface area contributed by atoms with E-state index in [1.807, 2.05) is 0 Å². The SMILES string of the molecule is [CH2]C1CC(C)C(C)C1. The molecule has 0 heterocycles. The summed E-state index contributed by atoms with van der Waals surface area (Å²) < 4.78 is 0. The van der Waals surface area contributed by atoms with Crippen LogP contribution in [-0.2, 0) is 0 Å². The first-order valence-electron chi connectivity index (χ1n) is 3.53. The zero-order valence-corrected chi connectivity index (χ0v) is 5.85. The molecule has 0 amide bonds. The second-order valence-corrected chi connectivity index (χ2v) is 3.29. The minimum Gasteiger partial charge on any atom is -0.0622 e. The van der Waals surface area contributed by atoms with Gasteiger partial charge in [0.25, 0.3) is 0 Å². The van der Waals surface area contributed by atoms with Gasteiger partial charge in [-0.3, -0.25) is 0 Å². The van der Waals surface area contributed by atoms with E-state index in [-0.39, 0.29) is 0 Å². The van der Waals surface area contributed by atoms with Crippen LogP contribution in [0.5, 0.6) is 0 Å². The Bertz CT molecular complexity index is 66.1. The molecule has 0 saturated heterocycles. The van der Waals surface area contributed by atoms with E-state index in [2.05, 4.69) is 20.8 Å². The van der Waals surface area contributed by atoms with E-state index in [0.717, 1.165) is 17.8 Å². The Balaban J connectivity index is 2.39. The zero-order chi connectivity index (χ0) is 6.15. The summed E-state index contributed by atoms with van der Waals surface area (Å²) in [6.45, 7) is 8.70. The Morgan fingerprint density at radius 2 is 1.50 bits per heavy atom. The average Bonchev–Trinajstić information content (AvgIpc) is 1.85. The molecule has 0 nitrogen and oxygen atoms in total. The first-order chi connectivity index (χ1) is 3.70. The highest BCUT2D eigenvalue weighted by molar-refractivity contribution is 4.79. The van der Waals surface area contributed by atoms with E-state index in [4.69, 9.17) is 0 Å². The third kappa shape index (κ3) is 1.04. The summed E-state index contributed by atoms with van der Waals surface area (Å²) in [6, 6.07) is 0. The molecule has 0 N–H and O–H groups in total. The van der Waals surface area contributed by atoms with Crippen LogP contribution in [0.4, 0.5) is 0 Å². The Hall–Kier alpha value is 0. The van der Waals surface area contributed by atoms with Crippen molar-refractivity contribution in [3.8, 4) is 0 Å². The van der Waals surface area contributed by atoms with Gasteiger partial charge in [0.15, 0.2) is 0 Å². The van der Waals surface area contributed by atoms with E-state index in [9.17, 15) is 0 Å². The first kappa shape index (κ1) is 6.12. The van der Waals surface area contributed by atoms with E-state index in [1.54, 1.807) is 0 Å². The lowest BCUT2D eigenvalue weighted by molar-refractivity contribution is 0.457. The Morgan fingerprint density at radius 1 is 1.12 bits per heavy atom. The van der Waals surface area contributed by atoms with Crippen molar-refractivity contribution < 1.29 is 0 Å². The van der Waals surface area contributed by atoms with E-state index < -0.39 is 0 Å². The minimum atomic E-state index is 0.750. The van der Waals surface area contributed by atoms with Crippen molar-refractivity contribution in [2.45, 2.75) is 26.7 Å². The second kappa shape index (κ2) is 2.08. The van der Waals surface area contributed by atoms with Crippen LogP contribution in [0.3, 0.4) is 0 Å². The molecule has 1 fully saturated rings. The first-order valence-corrected chi connectivity index (χ1v) is 3.53. The quantitative estimate of drug-likeness (QED) is 0.450. The number of hydrogen-bond donors (Lipinski definition) is 0. The van der Waals surface area contributed by atoms with Crippen molar-refractivity contribution in [2.75, 3.05) is 0 Å². The molecule has 1 radical (unpaired) electrons. The molecule has 0 bridgehead atoms. The summed E-state index contributed by atoms with van der Waals surface area (Å²) in [5.41, 5.74) is 0. The van der Waals surface area contributed by atoms with Crippen molar-refractivity contribution in [1.82, 2.24) is 0 Å². The highest BCUT2D eigenvalue weighted by Gasteiger charge is 2.24. The molecule has 0 aromatic heterocycles. The molecular formula is C8H15. The lowest BCUT2D eigenvalue weighted by Crippen LogP contribution is -1.95. The molecule has 1 rings (SSSR count). The van der Waals surface area contributed by atoms with Gasteiger partial charge in [-0.2, -0.15) is 0 Å². The average molecular weight is 111 g/mol. The van der Waals surface area contributed by atoms with E-state index in [0.29, 0.717) is 0 Å². The van der Waals surface area contributed by atoms with Crippen molar-refractivity contribution in [1.29, 1.82) is 0 Å². The fourth-order valence-corrected chi connectivity index (χ4v) is 1.61. The van der Waals surface area contributed by atoms with Gasteiger partial charge in [-0.05, 0) is 30.6 Å². The molecule has 0 heteroatoms. The Labute approximate surface area is 52.3 Å². The fourth-order valence-electron chi connectivity index (χ4n) is 1.61. The van der Waals surface area contributed by atoms with Gasteiger partial charge in [-0.15, -0.1) is 0 Å². The highest BCUT2D eigenvalue weighted by Crippen LogP contribution is 2.34. The lowest BCUT2D eigenvalue weighted by Gasteiger charge is -2.04. The van der Waals surface area contributed by atoms with Crippen LogP contribution in [-0.4, -0.2) is 0 Å². The van der Waals surface area contributed by atoms with Gasteiger partial charge in [0.05, 0.1) is 0 Å². The van der Waals surface area contributed by atoms with Crippen LogP contribution in [0.25, 0.3) is 0 Å². The second-order valence-electron chi connectivity index (χ2n) is 3.29. The monoisotopic (exact) mass is 111 g/mol. The molecule has 47 valence electrons. The van der Waals surface area contributed by atoms with Gasteiger partial charge in [0, 0.05) is 0 Å². The maximum atomic E-state index is 4.04. The summed E-state index contributed by atoms with van der Waals surface area (Å²) in [4.78, 5) is 0. The van der Waals surface area contributed by atoms with Crippen LogP contribution in [0.2, 0.25) is 0 Å². The molecule has 1 aliphatic carbocycles. The van der Waals surface area contributed by atoms with Gasteiger partial charge in [-0.1, -0.05) is 20.8 Å². The predicted octanol–water partition coefficient (Wildman–Crippen LogP) is 2.50. The van der Waals surface area contributed by atoms with Gasteiger partial charge in [0.1, 0.15) is 0 Å². The summed E-state index contributed by atoms with van der Waals surface area (Å²) >= 11 is 0. The van der Waals surface area contributed by atoms with Gasteiger partial charge >= 0.3 is 0 Å². The minimum absolute atomic E-state index is 0.750. The molecule has 1 aliphatic rings. The third-order valence-corrected chi connectivity index (χ3v) is 2.38. The number of rotatable bonds is 0. The van der Waals surface area contributed by atoms with E-state index >= 15 is 0 Å². The fraction of sp³-hybridized carbons (Fsp3) is 0.875. The van der Waals surface area contributed by atoms with Crippen molar-refractivity contribution in [2.24, 2.45) is 17.8 Å². The van der Waals surface area contributed by atoms with Crippen molar-refractivity contribution in [3.05, 3.63) is 6.92 Å². The van der Waals surface area contributed by atoms with Crippen LogP contribution in [0, 0.1) is 24.7 Å². The van der Waals surface area contributed by atoms with Crippen molar-refractivity contribution >= 4 is 0 Å². The van der Waals surface area contributed by atoms with Crippen molar-refractivity contribution in [3.63, 3.8) is 0 Å². The van der Waals surface area contributed by atoms with E-state index in [1.165, 1.54) is 12.8 Å². The Kier molecular flexibility index (Phi) is 1.59. The van der Waals surface area contributed by atoms with Crippen LogP contribution < -0.4 is 0 Å². The molecular weight excluding hydrogens is 96.1 g/mol. The van der Waals surface area contributed by atoms with Gasteiger partial charge < -0.3 is 0 Å². The molecule has 2 atom stereocenters. The maximum absolute atomic E-state index is 4.04. The Morgan fingerprint density at radius 3 is 1.62 bits per heavy atom. The molecule has 1 saturated carbocycles. The van der Waals surface area contributed by atoms with Crippen LogP contribution in [0.1, 0.15) is 26.7 Å². The summed E-state index contributed by atoms with van der Waals surface area (Å²) in [5, 5.41) is 0. The largest absolute Gasteiger partial charge is 0.0622 e. The summed E-state index contributed by atoms with van der Waals surface area (Å²) in [5.74, 6) is 2.61. The van der Waals surface area contributed by atoms with Crippen LogP contribution in [0.15, 0.2) is 0 Å². The van der Waals surface area contributed by atoms with Gasteiger partial charge in [0.2, 0.25) is 0 Å². The highest BCUT2D eigenvalue weighted by atomic mass is 14.3. The molecule has 0 aromatic carbocycles. The lowest BCUT2D eigenvalue weighted by atomic mass is 10.0. The topological polar surface area (TPSA) is 0 Å². The molecule has 8 heavy (non-hydrogen) atoms. The van der Waals surface area contributed by atoms with Gasteiger partial charge in [-0.25, -0.2) is 0 Å². The standard InChI is InChI=1S/C8H15/c1-6-4-7(2)8(3)5-6/h6-8H,1,4-5H2,2-3H3. The summed E-state index contributed by atoms with van der Waals surface area (Å²) in [7, 11) is 0. The zero-order valence-electron chi connectivity index (χ0n) is 5.85. The summed E-state index contributed by atoms with van der Waals surface area (Å²) in [6.07, 6.45) is 2.70. The molecule has 0 spiro atoms. The maximum Gasteiger partial charge on any atom is -0.0409 e. The predicted molar refractivity (Wildman–Crippen MR) is 36.4 cm³/mol. The normalized spacial score (nSPS) is 47.6. The smallest absolute Gasteiger partial charge is 0.0409 e. The third-order valence-electron chi connectivity index (χ3n) is 2.38.